The van der Waals surface area contributed by atoms with Crippen molar-refractivity contribution in [3.05, 3.63) is 0 Å². The standard InChI is InChI=1S/C14H29N3O/c1-5-7-16(6-2)8-9-17-11-15-13(14(17)18)10-12(3)4/h12-13,15H,5-11H2,1-4H3. The van der Waals surface area contributed by atoms with Crippen molar-refractivity contribution in [2.75, 3.05) is 32.8 Å². The lowest BCUT2D eigenvalue weighted by molar-refractivity contribution is -0.129. The SMILES string of the molecule is CCCN(CC)CCN1CNC(CC(C)C)C1=O. The number of carbonyl (C=O) groups excluding carboxylic acids is 1. The number of amides is 1. The fraction of sp³-hybridized carbons (Fsp3) is 0.929. The van der Waals surface area contributed by atoms with Crippen LogP contribution in [0.3, 0.4) is 0 Å². The van der Waals surface area contributed by atoms with Gasteiger partial charge in [0.2, 0.25) is 5.91 Å². The van der Waals surface area contributed by atoms with E-state index in [-0.39, 0.29) is 11.9 Å². The van der Waals surface area contributed by atoms with Crippen LogP contribution in [-0.4, -0.2) is 54.6 Å². The Kier molecular flexibility index (Phi) is 6.65. The average Bonchev–Trinajstić information content (AvgIpc) is 2.66. The summed E-state index contributed by atoms with van der Waals surface area (Å²) in [5.41, 5.74) is 0. The van der Waals surface area contributed by atoms with Crippen LogP contribution in [0.5, 0.6) is 0 Å². The first-order valence-electron chi connectivity index (χ1n) is 7.33. The molecule has 106 valence electrons. The Balaban J connectivity index is 2.33. The van der Waals surface area contributed by atoms with Crippen molar-refractivity contribution in [2.45, 2.75) is 46.6 Å². The molecule has 18 heavy (non-hydrogen) atoms. The number of likely N-dealkylation sites (N-methyl/N-ethyl adjacent to an activating group) is 1. The van der Waals surface area contributed by atoms with Gasteiger partial charge in [-0.15, -0.1) is 0 Å². The molecule has 0 aromatic carbocycles. The van der Waals surface area contributed by atoms with Gasteiger partial charge in [0.1, 0.15) is 0 Å². The second-order valence-electron chi connectivity index (χ2n) is 5.58. The van der Waals surface area contributed by atoms with Gasteiger partial charge in [-0.1, -0.05) is 27.7 Å². The maximum Gasteiger partial charge on any atom is 0.240 e. The molecular weight excluding hydrogens is 226 g/mol. The third-order valence-corrected chi connectivity index (χ3v) is 3.52. The van der Waals surface area contributed by atoms with E-state index in [0.29, 0.717) is 5.92 Å². The summed E-state index contributed by atoms with van der Waals surface area (Å²) in [6.45, 7) is 13.5. The van der Waals surface area contributed by atoms with Crippen LogP contribution in [0.2, 0.25) is 0 Å². The summed E-state index contributed by atoms with van der Waals surface area (Å²) in [4.78, 5) is 16.5. The Morgan fingerprint density at radius 1 is 1.39 bits per heavy atom. The van der Waals surface area contributed by atoms with Crippen LogP contribution in [0.1, 0.15) is 40.5 Å². The molecule has 4 nitrogen and oxygen atoms in total. The summed E-state index contributed by atoms with van der Waals surface area (Å²) >= 11 is 0. The van der Waals surface area contributed by atoms with Gasteiger partial charge in [0.25, 0.3) is 0 Å². The fourth-order valence-electron chi connectivity index (χ4n) is 2.46. The van der Waals surface area contributed by atoms with Gasteiger partial charge in [0.15, 0.2) is 0 Å². The number of carbonyl (C=O) groups is 1. The number of nitrogens with zero attached hydrogens (tertiary/aromatic N) is 2. The zero-order valence-electron chi connectivity index (χ0n) is 12.4. The minimum atomic E-state index is 0.0475. The van der Waals surface area contributed by atoms with E-state index in [1.54, 1.807) is 0 Å². The highest BCUT2D eigenvalue weighted by molar-refractivity contribution is 5.83. The Morgan fingerprint density at radius 2 is 2.11 bits per heavy atom. The van der Waals surface area contributed by atoms with Gasteiger partial charge in [-0.3, -0.25) is 10.1 Å². The van der Waals surface area contributed by atoms with Crippen molar-refractivity contribution in [3.63, 3.8) is 0 Å². The maximum absolute atomic E-state index is 12.1. The molecule has 1 fully saturated rings. The normalized spacial score (nSPS) is 20.4. The number of hydrogen-bond acceptors (Lipinski definition) is 3. The van der Waals surface area contributed by atoms with E-state index in [1.165, 1.54) is 6.42 Å². The fourth-order valence-corrected chi connectivity index (χ4v) is 2.46. The minimum absolute atomic E-state index is 0.0475. The largest absolute Gasteiger partial charge is 0.327 e. The molecule has 1 amide bonds. The van der Waals surface area contributed by atoms with Gasteiger partial charge in [0.05, 0.1) is 12.7 Å². The number of hydrogen-bond donors (Lipinski definition) is 1. The Bertz CT molecular complexity index is 255. The maximum atomic E-state index is 12.1. The second kappa shape index (κ2) is 7.74. The molecule has 0 aromatic heterocycles. The van der Waals surface area contributed by atoms with Gasteiger partial charge >= 0.3 is 0 Å². The second-order valence-corrected chi connectivity index (χ2v) is 5.58. The monoisotopic (exact) mass is 255 g/mol. The highest BCUT2D eigenvalue weighted by Gasteiger charge is 2.30. The molecule has 1 aliphatic rings. The van der Waals surface area contributed by atoms with Gasteiger partial charge in [0, 0.05) is 13.1 Å². The molecule has 1 saturated heterocycles. The average molecular weight is 255 g/mol. The van der Waals surface area contributed by atoms with E-state index in [9.17, 15) is 4.79 Å². The lowest BCUT2D eigenvalue weighted by atomic mass is 10.0. The molecule has 1 atom stereocenters. The smallest absolute Gasteiger partial charge is 0.240 e. The molecule has 0 saturated carbocycles. The molecule has 1 aliphatic heterocycles. The topological polar surface area (TPSA) is 35.6 Å². The Morgan fingerprint density at radius 3 is 2.67 bits per heavy atom. The molecule has 1 heterocycles. The van der Waals surface area contributed by atoms with E-state index < -0.39 is 0 Å². The first-order chi connectivity index (χ1) is 8.58. The van der Waals surface area contributed by atoms with Crippen LogP contribution in [-0.2, 0) is 4.79 Å². The van der Waals surface area contributed by atoms with Gasteiger partial charge in [-0.25, -0.2) is 0 Å². The van der Waals surface area contributed by atoms with Gasteiger partial charge in [-0.2, -0.15) is 0 Å². The first kappa shape index (κ1) is 15.4. The number of rotatable bonds is 8. The summed E-state index contributed by atoms with van der Waals surface area (Å²) in [7, 11) is 0. The van der Waals surface area contributed by atoms with Crippen molar-refractivity contribution >= 4 is 5.91 Å². The lowest BCUT2D eigenvalue weighted by Crippen LogP contribution is -2.38. The summed E-state index contributed by atoms with van der Waals surface area (Å²) in [6, 6.07) is 0.0475. The highest BCUT2D eigenvalue weighted by Crippen LogP contribution is 2.12. The van der Waals surface area contributed by atoms with Crippen molar-refractivity contribution in [3.8, 4) is 0 Å². The molecule has 1 rings (SSSR count). The summed E-state index contributed by atoms with van der Waals surface area (Å²) in [5.74, 6) is 0.856. The molecule has 0 aliphatic carbocycles. The van der Waals surface area contributed by atoms with Crippen molar-refractivity contribution < 1.29 is 4.79 Å². The van der Waals surface area contributed by atoms with E-state index in [2.05, 4.69) is 37.9 Å². The van der Waals surface area contributed by atoms with E-state index in [0.717, 1.165) is 39.3 Å². The molecule has 0 bridgehead atoms. The molecule has 0 radical (unpaired) electrons. The molecule has 1 N–H and O–H groups in total. The van der Waals surface area contributed by atoms with Crippen LogP contribution in [0.4, 0.5) is 0 Å². The Hall–Kier alpha value is -0.610. The molecule has 4 heteroatoms. The minimum Gasteiger partial charge on any atom is -0.327 e. The Labute approximate surface area is 112 Å². The van der Waals surface area contributed by atoms with E-state index in [4.69, 9.17) is 0 Å². The zero-order chi connectivity index (χ0) is 13.5. The summed E-state index contributed by atoms with van der Waals surface area (Å²) in [6.07, 6.45) is 2.12. The first-order valence-corrected chi connectivity index (χ1v) is 7.33. The van der Waals surface area contributed by atoms with Crippen molar-refractivity contribution in [2.24, 2.45) is 5.92 Å². The van der Waals surface area contributed by atoms with Crippen LogP contribution >= 0.6 is 0 Å². The quantitative estimate of drug-likeness (QED) is 0.714. The van der Waals surface area contributed by atoms with Crippen LogP contribution in [0.25, 0.3) is 0 Å². The van der Waals surface area contributed by atoms with Crippen molar-refractivity contribution in [1.82, 2.24) is 15.1 Å². The van der Waals surface area contributed by atoms with E-state index in [1.807, 2.05) is 4.90 Å². The summed E-state index contributed by atoms with van der Waals surface area (Å²) in [5, 5.41) is 3.32. The molecular formula is C14H29N3O. The van der Waals surface area contributed by atoms with E-state index >= 15 is 0 Å². The predicted octanol–water partition coefficient (Wildman–Crippen LogP) is 1.52. The van der Waals surface area contributed by atoms with Crippen LogP contribution in [0, 0.1) is 5.92 Å². The number of nitrogens with one attached hydrogen (secondary N) is 1. The zero-order valence-corrected chi connectivity index (χ0v) is 12.4. The third-order valence-electron chi connectivity index (χ3n) is 3.52. The lowest BCUT2D eigenvalue weighted by Gasteiger charge is -2.23. The molecule has 1 unspecified atom stereocenters. The van der Waals surface area contributed by atoms with Gasteiger partial charge < -0.3 is 9.80 Å². The van der Waals surface area contributed by atoms with Crippen LogP contribution < -0.4 is 5.32 Å². The molecule has 0 spiro atoms. The summed E-state index contributed by atoms with van der Waals surface area (Å²) < 4.78 is 0. The van der Waals surface area contributed by atoms with Crippen LogP contribution in [0.15, 0.2) is 0 Å². The molecule has 0 aromatic rings. The van der Waals surface area contributed by atoms with Gasteiger partial charge in [-0.05, 0) is 31.8 Å². The highest BCUT2D eigenvalue weighted by atomic mass is 16.2. The predicted molar refractivity (Wildman–Crippen MR) is 75.4 cm³/mol. The van der Waals surface area contributed by atoms with Crippen molar-refractivity contribution in [1.29, 1.82) is 0 Å². The third kappa shape index (κ3) is 4.58.